The third-order valence-corrected chi connectivity index (χ3v) is 3.43. The van der Waals surface area contributed by atoms with E-state index in [1.807, 2.05) is 37.2 Å². The van der Waals surface area contributed by atoms with Gasteiger partial charge in [-0.05, 0) is 37.9 Å². The van der Waals surface area contributed by atoms with E-state index in [0.717, 1.165) is 16.6 Å². The lowest BCUT2D eigenvalue weighted by Crippen LogP contribution is -2.37. The van der Waals surface area contributed by atoms with Crippen LogP contribution in [0.3, 0.4) is 0 Å². The molecule has 1 aromatic rings. The molecule has 0 radical (unpaired) electrons. The van der Waals surface area contributed by atoms with E-state index in [-0.39, 0.29) is 0 Å². The van der Waals surface area contributed by atoms with Crippen LogP contribution in [-0.4, -0.2) is 45.1 Å². The standard InChI is InChI=1S/C13H20BrN3O2/c1-17(2)7-6-16-12(13(15)18)10-8-9(19-3)4-5-11(10)14/h4-5,8,12,16H,6-7H2,1-3H3,(H2,15,18). The number of amides is 1. The van der Waals surface area contributed by atoms with Gasteiger partial charge in [-0.15, -0.1) is 0 Å². The minimum absolute atomic E-state index is 0.410. The van der Waals surface area contributed by atoms with Gasteiger partial charge in [-0.3, -0.25) is 4.79 Å². The molecule has 0 aliphatic heterocycles. The number of ether oxygens (including phenoxy) is 1. The van der Waals surface area contributed by atoms with Gasteiger partial charge in [0.05, 0.1) is 7.11 Å². The van der Waals surface area contributed by atoms with Crippen molar-refractivity contribution < 1.29 is 9.53 Å². The van der Waals surface area contributed by atoms with Gasteiger partial charge in [0.1, 0.15) is 11.8 Å². The number of hydrogen-bond acceptors (Lipinski definition) is 4. The highest BCUT2D eigenvalue weighted by Gasteiger charge is 2.20. The van der Waals surface area contributed by atoms with Gasteiger partial charge in [0.25, 0.3) is 0 Å². The highest BCUT2D eigenvalue weighted by Crippen LogP contribution is 2.27. The van der Waals surface area contributed by atoms with Gasteiger partial charge in [-0.25, -0.2) is 0 Å². The number of methoxy groups -OCH3 is 1. The van der Waals surface area contributed by atoms with Crippen LogP contribution in [0.5, 0.6) is 5.75 Å². The third-order valence-electron chi connectivity index (χ3n) is 2.71. The predicted octanol–water partition coefficient (Wildman–Crippen LogP) is 1.14. The molecule has 6 heteroatoms. The van der Waals surface area contributed by atoms with Gasteiger partial charge in [-0.2, -0.15) is 0 Å². The fraction of sp³-hybridized carbons (Fsp3) is 0.462. The molecule has 0 aromatic heterocycles. The number of carbonyl (C=O) groups is 1. The lowest BCUT2D eigenvalue weighted by atomic mass is 10.1. The van der Waals surface area contributed by atoms with Crippen LogP contribution in [0, 0.1) is 0 Å². The molecule has 3 N–H and O–H groups in total. The Morgan fingerprint density at radius 2 is 2.21 bits per heavy atom. The molecule has 0 fully saturated rings. The molecule has 0 saturated heterocycles. The number of benzene rings is 1. The van der Waals surface area contributed by atoms with Crippen LogP contribution in [0.1, 0.15) is 11.6 Å². The molecule has 1 aromatic carbocycles. The summed E-state index contributed by atoms with van der Waals surface area (Å²) in [5.74, 6) is 0.284. The summed E-state index contributed by atoms with van der Waals surface area (Å²) < 4.78 is 6.00. The molecule has 0 spiro atoms. The molecule has 106 valence electrons. The Morgan fingerprint density at radius 1 is 1.53 bits per heavy atom. The Balaban J connectivity index is 2.89. The Hall–Kier alpha value is -1.11. The molecule has 5 nitrogen and oxygen atoms in total. The molecule has 0 bridgehead atoms. The molecule has 1 rings (SSSR count). The fourth-order valence-electron chi connectivity index (χ4n) is 1.67. The number of nitrogens with zero attached hydrogens (tertiary/aromatic N) is 1. The third kappa shape index (κ3) is 4.81. The number of likely N-dealkylation sites (N-methyl/N-ethyl adjacent to an activating group) is 1. The van der Waals surface area contributed by atoms with Crippen molar-refractivity contribution in [2.75, 3.05) is 34.3 Å². The zero-order valence-electron chi connectivity index (χ0n) is 11.4. The van der Waals surface area contributed by atoms with Gasteiger partial charge in [0.2, 0.25) is 5.91 Å². The molecular weight excluding hydrogens is 310 g/mol. The average molecular weight is 330 g/mol. The SMILES string of the molecule is COc1ccc(Br)c(C(NCCN(C)C)C(N)=O)c1. The van der Waals surface area contributed by atoms with Crippen LogP contribution in [0.25, 0.3) is 0 Å². The molecule has 0 aliphatic carbocycles. The predicted molar refractivity (Wildman–Crippen MR) is 79.2 cm³/mol. The maximum absolute atomic E-state index is 11.6. The molecule has 1 unspecified atom stereocenters. The Morgan fingerprint density at radius 3 is 2.74 bits per heavy atom. The first-order valence-electron chi connectivity index (χ1n) is 5.96. The molecule has 19 heavy (non-hydrogen) atoms. The maximum Gasteiger partial charge on any atom is 0.239 e. The van der Waals surface area contributed by atoms with Crippen LogP contribution in [-0.2, 0) is 4.79 Å². The van der Waals surface area contributed by atoms with E-state index in [2.05, 4.69) is 21.2 Å². The van der Waals surface area contributed by atoms with Crippen LogP contribution in [0.2, 0.25) is 0 Å². The monoisotopic (exact) mass is 329 g/mol. The molecule has 1 amide bonds. The summed E-state index contributed by atoms with van der Waals surface area (Å²) in [7, 11) is 5.54. The number of nitrogens with two attached hydrogens (primary N) is 1. The Kier molecular flexibility index (Phi) is 6.27. The highest BCUT2D eigenvalue weighted by molar-refractivity contribution is 9.10. The molecule has 0 heterocycles. The van der Waals surface area contributed by atoms with E-state index in [0.29, 0.717) is 12.3 Å². The van der Waals surface area contributed by atoms with E-state index >= 15 is 0 Å². The van der Waals surface area contributed by atoms with E-state index in [1.54, 1.807) is 7.11 Å². The van der Waals surface area contributed by atoms with Crippen molar-refractivity contribution in [1.82, 2.24) is 10.2 Å². The zero-order valence-corrected chi connectivity index (χ0v) is 13.0. The van der Waals surface area contributed by atoms with Crippen molar-refractivity contribution in [3.63, 3.8) is 0 Å². The summed E-state index contributed by atoms with van der Waals surface area (Å²) in [6.07, 6.45) is 0. The van der Waals surface area contributed by atoms with E-state index in [1.165, 1.54) is 0 Å². The summed E-state index contributed by atoms with van der Waals surface area (Å²) in [5.41, 5.74) is 6.25. The molecule has 0 saturated carbocycles. The minimum Gasteiger partial charge on any atom is -0.497 e. The van der Waals surface area contributed by atoms with Crippen LogP contribution >= 0.6 is 15.9 Å². The van der Waals surface area contributed by atoms with Crippen LogP contribution < -0.4 is 15.8 Å². The second kappa shape index (κ2) is 7.47. The maximum atomic E-state index is 11.6. The number of rotatable bonds is 7. The van der Waals surface area contributed by atoms with Crippen molar-refractivity contribution in [1.29, 1.82) is 0 Å². The fourth-order valence-corrected chi connectivity index (χ4v) is 2.14. The van der Waals surface area contributed by atoms with Gasteiger partial charge in [-0.1, -0.05) is 15.9 Å². The van der Waals surface area contributed by atoms with Gasteiger partial charge < -0.3 is 20.7 Å². The molecular formula is C13H20BrN3O2. The first-order chi connectivity index (χ1) is 8.95. The first kappa shape index (κ1) is 15.9. The second-order valence-corrected chi connectivity index (χ2v) is 5.33. The normalized spacial score (nSPS) is 12.5. The lowest BCUT2D eigenvalue weighted by Gasteiger charge is -2.19. The van der Waals surface area contributed by atoms with Crippen LogP contribution in [0.4, 0.5) is 0 Å². The highest BCUT2D eigenvalue weighted by atomic mass is 79.9. The van der Waals surface area contributed by atoms with E-state index in [9.17, 15) is 4.79 Å². The first-order valence-corrected chi connectivity index (χ1v) is 6.76. The Bertz CT molecular complexity index is 438. The summed E-state index contributed by atoms with van der Waals surface area (Å²) in [4.78, 5) is 13.6. The number of primary amides is 1. The summed E-state index contributed by atoms with van der Waals surface area (Å²) in [6, 6.07) is 4.94. The topological polar surface area (TPSA) is 67.6 Å². The van der Waals surface area contributed by atoms with E-state index < -0.39 is 11.9 Å². The van der Waals surface area contributed by atoms with Gasteiger partial charge >= 0.3 is 0 Å². The summed E-state index contributed by atoms with van der Waals surface area (Å²) >= 11 is 3.44. The number of hydrogen-bond donors (Lipinski definition) is 2. The second-order valence-electron chi connectivity index (χ2n) is 4.48. The summed E-state index contributed by atoms with van der Waals surface area (Å²) in [5, 5.41) is 3.16. The minimum atomic E-state index is -0.538. The quantitative estimate of drug-likeness (QED) is 0.787. The molecule has 1 atom stereocenters. The largest absolute Gasteiger partial charge is 0.497 e. The van der Waals surface area contributed by atoms with Crippen molar-refractivity contribution in [3.8, 4) is 5.75 Å². The van der Waals surface area contributed by atoms with Crippen molar-refractivity contribution in [2.24, 2.45) is 5.73 Å². The van der Waals surface area contributed by atoms with Crippen molar-refractivity contribution in [2.45, 2.75) is 6.04 Å². The van der Waals surface area contributed by atoms with E-state index in [4.69, 9.17) is 10.5 Å². The van der Waals surface area contributed by atoms with Gasteiger partial charge in [0, 0.05) is 17.6 Å². The van der Waals surface area contributed by atoms with Crippen LogP contribution in [0.15, 0.2) is 22.7 Å². The number of nitrogens with one attached hydrogen (secondary N) is 1. The lowest BCUT2D eigenvalue weighted by molar-refractivity contribution is -0.120. The Labute approximate surface area is 122 Å². The number of halogens is 1. The zero-order chi connectivity index (χ0) is 14.4. The number of carbonyl (C=O) groups excluding carboxylic acids is 1. The molecule has 0 aliphatic rings. The smallest absolute Gasteiger partial charge is 0.239 e. The summed E-state index contributed by atoms with van der Waals surface area (Å²) in [6.45, 7) is 1.50. The average Bonchev–Trinajstić information content (AvgIpc) is 2.35. The van der Waals surface area contributed by atoms with Crippen molar-refractivity contribution >= 4 is 21.8 Å². The van der Waals surface area contributed by atoms with Crippen molar-refractivity contribution in [3.05, 3.63) is 28.2 Å². The van der Waals surface area contributed by atoms with Gasteiger partial charge in [0.15, 0.2) is 0 Å².